The van der Waals surface area contributed by atoms with Gasteiger partial charge in [0.1, 0.15) is 5.58 Å². The van der Waals surface area contributed by atoms with Crippen LogP contribution >= 0.6 is 0 Å². The first-order chi connectivity index (χ1) is 14.5. The molecule has 1 aromatic heterocycles. The normalized spacial score (nSPS) is 16.0. The van der Waals surface area contributed by atoms with Crippen molar-refractivity contribution < 1.29 is 13.9 Å². The average Bonchev–Trinajstić information content (AvgIpc) is 3.12. The Bertz CT molecular complexity index is 1020. The Morgan fingerprint density at radius 3 is 2.50 bits per heavy atom. The second-order valence-corrected chi connectivity index (χ2v) is 8.25. The van der Waals surface area contributed by atoms with Crippen molar-refractivity contribution in [3.05, 3.63) is 70.5 Å². The van der Waals surface area contributed by atoms with Crippen LogP contribution in [-0.2, 0) is 16.0 Å². The van der Waals surface area contributed by atoms with E-state index in [1.165, 1.54) is 22.3 Å². The largest absolute Gasteiger partial charge is 0.464 e. The van der Waals surface area contributed by atoms with E-state index in [-0.39, 0.29) is 11.9 Å². The van der Waals surface area contributed by atoms with Crippen LogP contribution < -0.4 is 5.32 Å². The van der Waals surface area contributed by atoms with E-state index in [0.29, 0.717) is 13.0 Å². The molecule has 5 nitrogen and oxygen atoms in total. The van der Waals surface area contributed by atoms with Crippen molar-refractivity contribution >= 4 is 16.9 Å². The van der Waals surface area contributed by atoms with Crippen molar-refractivity contribution in [3.63, 3.8) is 0 Å². The minimum absolute atomic E-state index is 0.0151. The molecule has 0 spiro atoms. The standard InChI is InChI=1S/C25H30N2O3/c1-17-4-6-20(7-5-17)23(27-8-10-29-11-9-27)15-26-25(28)14-21-16-30-24-13-19(3)18(2)12-22(21)24/h4-7,12-13,16,23H,8-11,14-15H2,1-3H3,(H,26,28). The summed E-state index contributed by atoms with van der Waals surface area (Å²) in [6.07, 6.45) is 2.03. The molecule has 158 valence electrons. The van der Waals surface area contributed by atoms with Crippen LogP contribution in [0.15, 0.2) is 47.1 Å². The third-order valence-corrected chi connectivity index (χ3v) is 6.06. The predicted molar refractivity (Wildman–Crippen MR) is 119 cm³/mol. The zero-order valence-electron chi connectivity index (χ0n) is 18.0. The molecule has 3 aromatic rings. The van der Waals surface area contributed by atoms with Crippen molar-refractivity contribution in [1.82, 2.24) is 10.2 Å². The fourth-order valence-corrected chi connectivity index (χ4v) is 4.05. The second-order valence-electron chi connectivity index (χ2n) is 8.25. The van der Waals surface area contributed by atoms with Gasteiger partial charge in [-0.15, -0.1) is 0 Å². The maximum absolute atomic E-state index is 12.8. The third-order valence-electron chi connectivity index (χ3n) is 6.06. The fraction of sp³-hybridized carbons (Fsp3) is 0.400. The smallest absolute Gasteiger partial charge is 0.224 e. The molecular weight excluding hydrogens is 376 g/mol. The SMILES string of the molecule is Cc1ccc(C(CNC(=O)Cc2coc3cc(C)c(C)cc23)N2CCOCC2)cc1. The third kappa shape index (κ3) is 4.58. The van der Waals surface area contributed by atoms with Gasteiger partial charge in [-0.05, 0) is 49.6 Å². The monoisotopic (exact) mass is 406 g/mol. The summed E-state index contributed by atoms with van der Waals surface area (Å²) < 4.78 is 11.2. The number of amides is 1. The molecule has 30 heavy (non-hydrogen) atoms. The number of nitrogens with zero attached hydrogens (tertiary/aromatic N) is 1. The lowest BCUT2D eigenvalue weighted by Crippen LogP contribution is -2.44. The van der Waals surface area contributed by atoms with Crippen LogP contribution in [0.2, 0.25) is 0 Å². The molecule has 2 aromatic carbocycles. The van der Waals surface area contributed by atoms with E-state index < -0.39 is 0 Å². The summed E-state index contributed by atoms with van der Waals surface area (Å²) in [6.45, 7) is 10.0. The molecule has 1 N–H and O–H groups in total. The van der Waals surface area contributed by atoms with Gasteiger partial charge in [-0.1, -0.05) is 29.8 Å². The van der Waals surface area contributed by atoms with Crippen molar-refractivity contribution in [2.45, 2.75) is 33.2 Å². The zero-order chi connectivity index (χ0) is 21.1. The summed E-state index contributed by atoms with van der Waals surface area (Å²) in [4.78, 5) is 15.2. The fourth-order valence-electron chi connectivity index (χ4n) is 4.05. The summed E-state index contributed by atoms with van der Waals surface area (Å²) >= 11 is 0. The number of morpholine rings is 1. The Kier molecular flexibility index (Phi) is 6.21. The molecule has 0 radical (unpaired) electrons. The van der Waals surface area contributed by atoms with Crippen LogP contribution in [0.5, 0.6) is 0 Å². The Balaban J connectivity index is 1.46. The molecule has 1 aliphatic rings. The quantitative estimate of drug-likeness (QED) is 0.670. The molecule has 0 aliphatic carbocycles. The lowest BCUT2D eigenvalue weighted by atomic mass is 10.0. The summed E-state index contributed by atoms with van der Waals surface area (Å²) in [5.74, 6) is 0.0151. The van der Waals surface area contributed by atoms with Gasteiger partial charge in [0, 0.05) is 30.6 Å². The molecule has 1 aliphatic heterocycles. The number of nitrogens with one attached hydrogen (secondary N) is 1. The molecule has 1 atom stereocenters. The molecule has 4 rings (SSSR count). The Morgan fingerprint density at radius 1 is 1.07 bits per heavy atom. The second kappa shape index (κ2) is 9.02. The molecule has 0 bridgehead atoms. The van der Waals surface area contributed by atoms with Crippen LogP contribution in [-0.4, -0.2) is 43.7 Å². The van der Waals surface area contributed by atoms with Crippen LogP contribution in [0, 0.1) is 20.8 Å². The number of fused-ring (bicyclic) bond motifs is 1. The van der Waals surface area contributed by atoms with E-state index in [1.807, 2.05) is 6.07 Å². The number of rotatable bonds is 6. The number of furan rings is 1. The van der Waals surface area contributed by atoms with E-state index in [2.05, 4.69) is 61.3 Å². The van der Waals surface area contributed by atoms with Gasteiger partial charge in [-0.25, -0.2) is 0 Å². The van der Waals surface area contributed by atoms with Crippen LogP contribution in [0.1, 0.15) is 33.9 Å². The van der Waals surface area contributed by atoms with E-state index in [1.54, 1.807) is 6.26 Å². The number of aryl methyl sites for hydroxylation is 3. The van der Waals surface area contributed by atoms with Crippen molar-refractivity contribution in [3.8, 4) is 0 Å². The molecular formula is C25H30N2O3. The maximum Gasteiger partial charge on any atom is 0.224 e. The number of carbonyl (C=O) groups is 1. The molecule has 1 saturated heterocycles. The van der Waals surface area contributed by atoms with Gasteiger partial charge < -0.3 is 14.5 Å². The topological polar surface area (TPSA) is 54.7 Å². The number of carbonyl (C=O) groups excluding carboxylic acids is 1. The highest BCUT2D eigenvalue weighted by Gasteiger charge is 2.23. The highest BCUT2D eigenvalue weighted by molar-refractivity contribution is 5.88. The summed E-state index contributed by atoms with van der Waals surface area (Å²) in [6, 6.07) is 12.9. The van der Waals surface area contributed by atoms with E-state index in [0.717, 1.165) is 42.8 Å². The number of benzene rings is 2. The van der Waals surface area contributed by atoms with Gasteiger partial charge in [0.25, 0.3) is 0 Å². The zero-order valence-corrected chi connectivity index (χ0v) is 18.0. The Morgan fingerprint density at radius 2 is 1.77 bits per heavy atom. The van der Waals surface area contributed by atoms with E-state index in [9.17, 15) is 4.79 Å². The van der Waals surface area contributed by atoms with Crippen LogP contribution in [0.3, 0.4) is 0 Å². The lowest BCUT2D eigenvalue weighted by molar-refractivity contribution is -0.120. The number of hydrogen-bond acceptors (Lipinski definition) is 4. The van der Waals surface area contributed by atoms with Crippen molar-refractivity contribution in [1.29, 1.82) is 0 Å². The molecule has 0 saturated carbocycles. The van der Waals surface area contributed by atoms with Crippen LogP contribution in [0.25, 0.3) is 11.0 Å². The summed E-state index contributed by atoms with van der Waals surface area (Å²) in [7, 11) is 0. The summed E-state index contributed by atoms with van der Waals surface area (Å²) in [5, 5.41) is 4.18. The van der Waals surface area contributed by atoms with E-state index >= 15 is 0 Å². The van der Waals surface area contributed by atoms with Gasteiger partial charge in [-0.2, -0.15) is 0 Å². The minimum Gasteiger partial charge on any atom is -0.464 e. The predicted octanol–water partition coefficient (Wildman–Crippen LogP) is 4.09. The van der Waals surface area contributed by atoms with Gasteiger partial charge >= 0.3 is 0 Å². The maximum atomic E-state index is 12.8. The molecule has 5 heteroatoms. The molecule has 1 fully saturated rings. The molecule has 1 unspecified atom stereocenters. The van der Waals surface area contributed by atoms with E-state index in [4.69, 9.17) is 9.15 Å². The first-order valence-corrected chi connectivity index (χ1v) is 10.6. The lowest BCUT2D eigenvalue weighted by Gasteiger charge is -2.35. The molecule has 2 heterocycles. The van der Waals surface area contributed by atoms with Gasteiger partial charge in [0.2, 0.25) is 5.91 Å². The van der Waals surface area contributed by atoms with Crippen molar-refractivity contribution in [2.24, 2.45) is 0 Å². The highest BCUT2D eigenvalue weighted by atomic mass is 16.5. The van der Waals surface area contributed by atoms with Crippen LogP contribution in [0.4, 0.5) is 0 Å². The van der Waals surface area contributed by atoms with Gasteiger partial charge in [-0.3, -0.25) is 9.69 Å². The average molecular weight is 407 g/mol. The number of ether oxygens (including phenoxy) is 1. The Hall–Kier alpha value is -2.63. The van der Waals surface area contributed by atoms with Gasteiger partial charge in [0.15, 0.2) is 0 Å². The van der Waals surface area contributed by atoms with Gasteiger partial charge in [0.05, 0.1) is 31.9 Å². The number of hydrogen-bond donors (Lipinski definition) is 1. The minimum atomic E-state index is 0.0151. The van der Waals surface area contributed by atoms with Crippen molar-refractivity contribution in [2.75, 3.05) is 32.8 Å². The highest BCUT2D eigenvalue weighted by Crippen LogP contribution is 2.26. The summed E-state index contributed by atoms with van der Waals surface area (Å²) in [5.41, 5.74) is 6.63. The molecule has 1 amide bonds. The first kappa shape index (κ1) is 20.6. The Labute approximate surface area is 178 Å². The first-order valence-electron chi connectivity index (χ1n) is 10.6.